The van der Waals surface area contributed by atoms with E-state index in [1.165, 1.54) is 26.4 Å². The molecule has 35 heavy (non-hydrogen) atoms. The fourth-order valence-electron chi connectivity index (χ4n) is 3.43. The van der Waals surface area contributed by atoms with Gasteiger partial charge in [0.2, 0.25) is 0 Å². The van der Waals surface area contributed by atoms with E-state index >= 15 is 0 Å². The summed E-state index contributed by atoms with van der Waals surface area (Å²) in [5.74, 6) is 0.812. The molecule has 0 spiro atoms. The predicted molar refractivity (Wildman–Crippen MR) is 133 cm³/mol. The van der Waals surface area contributed by atoms with Crippen LogP contribution >= 0.6 is 0 Å². The van der Waals surface area contributed by atoms with E-state index < -0.39 is 11.8 Å². The van der Waals surface area contributed by atoms with E-state index in [2.05, 4.69) is 20.9 Å². The maximum atomic E-state index is 14.8. The van der Waals surface area contributed by atoms with Crippen molar-refractivity contribution >= 4 is 28.3 Å². The first-order valence-corrected chi connectivity index (χ1v) is 10.9. The number of amides is 2. The van der Waals surface area contributed by atoms with Crippen molar-refractivity contribution in [2.45, 2.75) is 0 Å². The second kappa shape index (κ2) is 11.1. The van der Waals surface area contributed by atoms with Crippen LogP contribution in [0, 0.1) is 5.82 Å². The number of urea groups is 1. The number of para-hydroxylation sites is 1. The highest BCUT2D eigenvalue weighted by atomic mass is 19.1. The summed E-state index contributed by atoms with van der Waals surface area (Å²) in [5, 5.41) is 9.16. The number of benzene rings is 3. The third-order valence-corrected chi connectivity index (χ3v) is 5.13. The van der Waals surface area contributed by atoms with E-state index in [1.807, 2.05) is 30.3 Å². The average molecular weight is 477 g/mol. The Labute approximate surface area is 202 Å². The minimum absolute atomic E-state index is 0.00491. The highest BCUT2D eigenvalue weighted by Gasteiger charge is 2.13. The number of anilines is 2. The van der Waals surface area contributed by atoms with Crippen molar-refractivity contribution in [3.8, 4) is 23.0 Å². The van der Waals surface area contributed by atoms with Crippen LogP contribution in [-0.4, -0.2) is 38.3 Å². The summed E-state index contributed by atoms with van der Waals surface area (Å²) in [7, 11) is 3.07. The summed E-state index contributed by atoms with van der Waals surface area (Å²) in [4.78, 5) is 16.5. The normalized spacial score (nSPS) is 10.5. The zero-order valence-corrected chi connectivity index (χ0v) is 19.3. The molecule has 0 fully saturated rings. The molecule has 0 unspecified atom stereocenters. The summed E-state index contributed by atoms with van der Waals surface area (Å²) in [6.45, 7) is 0.947. The zero-order chi connectivity index (χ0) is 24.6. The predicted octanol–water partition coefficient (Wildman–Crippen LogP) is 5.42. The van der Waals surface area contributed by atoms with Crippen LogP contribution in [0.15, 0.2) is 72.9 Å². The van der Waals surface area contributed by atoms with Gasteiger partial charge in [-0.2, -0.15) is 0 Å². The number of aromatic nitrogens is 1. The minimum Gasteiger partial charge on any atom is -0.493 e. The van der Waals surface area contributed by atoms with Crippen LogP contribution in [0.25, 0.3) is 10.9 Å². The molecule has 0 bridgehead atoms. The largest absolute Gasteiger partial charge is 0.493 e. The lowest BCUT2D eigenvalue weighted by atomic mass is 10.2. The van der Waals surface area contributed by atoms with Crippen LogP contribution in [-0.2, 0) is 0 Å². The molecular weight excluding hydrogens is 451 g/mol. The first-order valence-electron chi connectivity index (χ1n) is 10.9. The number of carbonyl (C=O) groups excluding carboxylic acids is 1. The summed E-state index contributed by atoms with van der Waals surface area (Å²) >= 11 is 0. The van der Waals surface area contributed by atoms with Crippen molar-refractivity contribution in [3.05, 3.63) is 78.7 Å². The van der Waals surface area contributed by atoms with Crippen molar-refractivity contribution in [2.24, 2.45) is 0 Å². The Morgan fingerprint density at radius 3 is 2.37 bits per heavy atom. The number of methoxy groups -OCH3 is 2. The molecule has 180 valence electrons. The minimum atomic E-state index is -0.626. The van der Waals surface area contributed by atoms with Gasteiger partial charge in [-0.15, -0.1) is 0 Å². The Morgan fingerprint density at radius 2 is 1.63 bits per heavy atom. The van der Waals surface area contributed by atoms with Crippen LogP contribution in [0.1, 0.15) is 0 Å². The third-order valence-electron chi connectivity index (χ3n) is 5.13. The second-order valence-electron chi connectivity index (χ2n) is 7.45. The molecule has 9 heteroatoms. The van der Waals surface area contributed by atoms with E-state index in [0.29, 0.717) is 46.9 Å². The van der Waals surface area contributed by atoms with Gasteiger partial charge in [0, 0.05) is 48.2 Å². The molecule has 0 radical (unpaired) electrons. The second-order valence-corrected chi connectivity index (χ2v) is 7.45. The highest BCUT2D eigenvalue weighted by molar-refractivity contribution is 5.90. The quantitative estimate of drug-likeness (QED) is 0.280. The summed E-state index contributed by atoms with van der Waals surface area (Å²) < 4.78 is 31.3. The van der Waals surface area contributed by atoms with Gasteiger partial charge in [0.15, 0.2) is 23.1 Å². The van der Waals surface area contributed by atoms with Gasteiger partial charge in [0.05, 0.1) is 19.7 Å². The number of pyridine rings is 1. The van der Waals surface area contributed by atoms with E-state index in [4.69, 9.17) is 14.2 Å². The van der Waals surface area contributed by atoms with E-state index in [-0.39, 0.29) is 5.75 Å². The van der Waals surface area contributed by atoms with Gasteiger partial charge in [-0.05, 0) is 36.4 Å². The third kappa shape index (κ3) is 5.89. The van der Waals surface area contributed by atoms with Gasteiger partial charge in [0.25, 0.3) is 0 Å². The number of ether oxygens (including phenoxy) is 3. The molecule has 4 rings (SSSR count). The van der Waals surface area contributed by atoms with Gasteiger partial charge < -0.3 is 30.2 Å². The fourth-order valence-corrected chi connectivity index (χ4v) is 3.43. The van der Waals surface area contributed by atoms with Gasteiger partial charge in [-0.25, -0.2) is 9.18 Å². The molecular formula is C26H25FN4O4. The SMILES string of the molecule is COc1cc2nccc(Oc3ccc(NC(=O)NCCNc4ccccc4)cc3F)c2cc1OC. The molecule has 0 aliphatic heterocycles. The van der Waals surface area contributed by atoms with Crippen molar-refractivity contribution in [1.29, 1.82) is 0 Å². The number of hydrogen-bond acceptors (Lipinski definition) is 6. The van der Waals surface area contributed by atoms with Crippen LogP contribution in [0.4, 0.5) is 20.6 Å². The van der Waals surface area contributed by atoms with Gasteiger partial charge >= 0.3 is 6.03 Å². The molecule has 4 aromatic rings. The lowest BCUT2D eigenvalue weighted by Gasteiger charge is -2.13. The smallest absolute Gasteiger partial charge is 0.319 e. The number of hydrogen-bond donors (Lipinski definition) is 3. The standard InChI is InChI=1S/C26H25FN4O4/c1-33-24-15-19-21(16-25(24)34-2)29-11-10-22(19)35-23-9-8-18(14-20(23)27)31-26(32)30-13-12-28-17-6-4-3-5-7-17/h3-11,14-16,28H,12-13H2,1-2H3,(H2,30,31,32). The number of nitrogens with one attached hydrogen (secondary N) is 3. The van der Waals surface area contributed by atoms with Crippen LogP contribution < -0.4 is 30.2 Å². The van der Waals surface area contributed by atoms with Crippen LogP contribution in [0.3, 0.4) is 0 Å². The Bertz CT molecular complexity index is 1320. The number of rotatable bonds is 9. The number of carbonyl (C=O) groups is 1. The van der Waals surface area contributed by atoms with Crippen molar-refractivity contribution < 1.29 is 23.4 Å². The van der Waals surface area contributed by atoms with Gasteiger partial charge in [-0.3, -0.25) is 4.98 Å². The molecule has 1 heterocycles. The first-order chi connectivity index (χ1) is 17.1. The molecule has 8 nitrogen and oxygen atoms in total. The molecule has 0 aliphatic rings. The Kier molecular flexibility index (Phi) is 7.47. The summed E-state index contributed by atoms with van der Waals surface area (Å²) in [5.41, 5.74) is 1.87. The molecule has 0 atom stereocenters. The van der Waals surface area contributed by atoms with Crippen molar-refractivity contribution in [1.82, 2.24) is 10.3 Å². The Morgan fingerprint density at radius 1 is 0.857 bits per heavy atom. The molecule has 0 saturated heterocycles. The Hall–Kier alpha value is -4.53. The maximum Gasteiger partial charge on any atom is 0.319 e. The molecule has 2 amide bonds. The summed E-state index contributed by atoms with van der Waals surface area (Å²) in [6.07, 6.45) is 1.56. The average Bonchev–Trinajstić information content (AvgIpc) is 2.88. The summed E-state index contributed by atoms with van der Waals surface area (Å²) in [6, 6.07) is 18.5. The zero-order valence-electron chi connectivity index (χ0n) is 19.3. The molecule has 1 aromatic heterocycles. The lowest BCUT2D eigenvalue weighted by molar-refractivity contribution is 0.252. The van der Waals surface area contributed by atoms with Crippen molar-refractivity contribution in [3.63, 3.8) is 0 Å². The molecule has 3 N–H and O–H groups in total. The first kappa shape index (κ1) is 23.6. The van der Waals surface area contributed by atoms with Crippen LogP contribution in [0.2, 0.25) is 0 Å². The topological polar surface area (TPSA) is 93.7 Å². The van der Waals surface area contributed by atoms with Gasteiger partial charge in [-0.1, -0.05) is 18.2 Å². The highest BCUT2D eigenvalue weighted by Crippen LogP contribution is 2.37. The maximum absolute atomic E-state index is 14.8. The monoisotopic (exact) mass is 476 g/mol. The van der Waals surface area contributed by atoms with E-state index in [9.17, 15) is 9.18 Å². The van der Waals surface area contributed by atoms with Crippen LogP contribution in [0.5, 0.6) is 23.0 Å². The number of halogens is 1. The lowest BCUT2D eigenvalue weighted by Crippen LogP contribution is -2.32. The number of nitrogens with zero attached hydrogens (tertiary/aromatic N) is 1. The number of fused-ring (bicyclic) bond motifs is 1. The Balaban J connectivity index is 1.38. The van der Waals surface area contributed by atoms with E-state index in [1.54, 1.807) is 30.5 Å². The van der Waals surface area contributed by atoms with Crippen molar-refractivity contribution in [2.75, 3.05) is 37.9 Å². The van der Waals surface area contributed by atoms with E-state index in [0.717, 1.165) is 5.69 Å². The molecule has 0 saturated carbocycles. The fraction of sp³-hybridized carbons (Fsp3) is 0.154. The molecule has 3 aromatic carbocycles. The molecule has 0 aliphatic carbocycles. The van der Waals surface area contributed by atoms with Gasteiger partial charge in [0.1, 0.15) is 5.75 Å².